The van der Waals surface area contributed by atoms with Crippen LogP contribution in [0.5, 0.6) is 0 Å². The number of ether oxygens (including phenoxy) is 1. The van der Waals surface area contributed by atoms with Gasteiger partial charge in [-0.2, -0.15) is 4.68 Å². The number of hydrogen-bond donors (Lipinski definition) is 0. The Morgan fingerprint density at radius 1 is 1.11 bits per heavy atom. The van der Waals surface area contributed by atoms with Gasteiger partial charge >= 0.3 is 5.97 Å². The number of rotatable bonds is 5. The lowest BCUT2D eigenvalue weighted by Crippen LogP contribution is -2.10. The summed E-state index contributed by atoms with van der Waals surface area (Å²) in [7, 11) is 0. The van der Waals surface area contributed by atoms with E-state index in [4.69, 9.17) is 16.3 Å². The molecule has 0 amide bonds. The van der Waals surface area contributed by atoms with E-state index in [1.54, 1.807) is 17.5 Å². The van der Waals surface area contributed by atoms with Crippen molar-refractivity contribution < 1.29 is 9.53 Å². The second kappa shape index (κ2) is 7.65. The minimum Gasteiger partial charge on any atom is -0.453 e. The average molecular weight is 398 g/mol. The topological polar surface area (TPSA) is 82.8 Å². The molecule has 4 aromatic rings. The van der Waals surface area contributed by atoms with E-state index >= 15 is 0 Å². The molecule has 0 N–H and O–H groups in total. The first-order chi connectivity index (χ1) is 13.2. The summed E-state index contributed by atoms with van der Waals surface area (Å²) in [5.41, 5.74) is 1.91. The lowest BCUT2D eigenvalue weighted by molar-refractivity contribution is 0.0453. The van der Waals surface area contributed by atoms with Crippen molar-refractivity contribution in [3.63, 3.8) is 0 Å². The van der Waals surface area contributed by atoms with E-state index < -0.39 is 5.97 Å². The zero-order valence-corrected chi connectivity index (χ0v) is 15.4. The predicted molar refractivity (Wildman–Crippen MR) is 101 cm³/mol. The monoisotopic (exact) mass is 397 g/mol. The molecule has 4 rings (SSSR count). The Morgan fingerprint density at radius 2 is 1.89 bits per heavy atom. The Balaban J connectivity index is 1.45. The molecule has 7 nitrogen and oxygen atoms in total. The maximum Gasteiger partial charge on any atom is 0.358 e. The second-order valence-corrected chi connectivity index (χ2v) is 6.76. The summed E-state index contributed by atoms with van der Waals surface area (Å²) in [6, 6.07) is 16.6. The summed E-state index contributed by atoms with van der Waals surface area (Å²) >= 11 is 7.25. The van der Waals surface area contributed by atoms with E-state index in [2.05, 4.69) is 20.5 Å². The first-order valence-electron chi connectivity index (χ1n) is 7.92. The number of thiazole rings is 1. The zero-order chi connectivity index (χ0) is 18.6. The van der Waals surface area contributed by atoms with Gasteiger partial charge in [0, 0.05) is 16.0 Å². The summed E-state index contributed by atoms with van der Waals surface area (Å²) < 4.78 is 6.85. The first-order valence-corrected chi connectivity index (χ1v) is 9.18. The van der Waals surface area contributed by atoms with E-state index in [-0.39, 0.29) is 12.3 Å². The van der Waals surface area contributed by atoms with Crippen molar-refractivity contribution in [2.24, 2.45) is 0 Å². The van der Waals surface area contributed by atoms with Crippen LogP contribution in [-0.4, -0.2) is 31.2 Å². The molecule has 0 saturated carbocycles. The highest BCUT2D eigenvalue weighted by atomic mass is 35.5. The van der Waals surface area contributed by atoms with E-state index in [1.165, 1.54) is 16.0 Å². The number of para-hydroxylation sites is 1. The fraction of sp³-hybridized carbons (Fsp3) is 0.0556. The fourth-order valence-corrected chi connectivity index (χ4v) is 3.28. The smallest absolute Gasteiger partial charge is 0.358 e. The number of esters is 1. The van der Waals surface area contributed by atoms with Crippen LogP contribution in [-0.2, 0) is 11.3 Å². The van der Waals surface area contributed by atoms with Crippen molar-refractivity contribution in [1.82, 2.24) is 25.2 Å². The van der Waals surface area contributed by atoms with Gasteiger partial charge < -0.3 is 4.74 Å². The molecule has 0 radical (unpaired) electrons. The number of carbonyl (C=O) groups is 1. The third kappa shape index (κ3) is 3.86. The molecular formula is C18H12ClN5O2S. The number of carbonyl (C=O) groups excluding carboxylic acids is 1. The Kier molecular flexibility index (Phi) is 4.91. The van der Waals surface area contributed by atoms with Crippen LogP contribution in [0, 0.1) is 0 Å². The highest BCUT2D eigenvalue weighted by Gasteiger charge is 2.16. The van der Waals surface area contributed by atoms with Crippen molar-refractivity contribution >= 4 is 28.9 Å². The number of benzene rings is 2. The van der Waals surface area contributed by atoms with E-state index in [0.717, 1.165) is 11.3 Å². The molecule has 2 aromatic heterocycles. The molecule has 0 aliphatic heterocycles. The van der Waals surface area contributed by atoms with Gasteiger partial charge in [0.25, 0.3) is 0 Å². The van der Waals surface area contributed by atoms with Crippen molar-refractivity contribution in [1.29, 1.82) is 0 Å². The highest BCUT2D eigenvalue weighted by molar-refractivity contribution is 7.13. The van der Waals surface area contributed by atoms with Crippen molar-refractivity contribution in [2.45, 2.75) is 6.61 Å². The van der Waals surface area contributed by atoms with E-state index in [9.17, 15) is 4.79 Å². The summed E-state index contributed by atoms with van der Waals surface area (Å²) in [6.45, 7) is -0.0610. The molecule has 9 heteroatoms. The Morgan fingerprint density at radius 3 is 2.67 bits per heavy atom. The van der Waals surface area contributed by atoms with Gasteiger partial charge in [-0.15, -0.1) is 16.4 Å². The predicted octanol–water partition coefficient (Wildman–Crippen LogP) is 3.80. The van der Waals surface area contributed by atoms with Crippen LogP contribution in [0.2, 0.25) is 5.02 Å². The average Bonchev–Trinajstić information content (AvgIpc) is 3.37. The quantitative estimate of drug-likeness (QED) is 0.476. The molecule has 0 bridgehead atoms. The van der Waals surface area contributed by atoms with Gasteiger partial charge in [-0.1, -0.05) is 41.9 Å². The van der Waals surface area contributed by atoms with E-state index in [1.807, 2.05) is 42.5 Å². The minimum absolute atomic E-state index is 0.0610. The summed E-state index contributed by atoms with van der Waals surface area (Å²) in [6.07, 6.45) is 0. The SMILES string of the molecule is O=C(OCc1nnnn1-c1ccccc1)c1csc(-c2ccc(Cl)cc2)n1. The Labute approximate surface area is 163 Å². The Hall–Kier alpha value is -3.10. The molecule has 0 spiro atoms. The molecule has 0 unspecified atom stereocenters. The molecule has 2 heterocycles. The number of halogens is 1. The van der Waals surface area contributed by atoms with Crippen LogP contribution in [0.15, 0.2) is 60.0 Å². The van der Waals surface area contributed by atoms with E-state index in [0.29, 0.717) is 15.9 Å². The van der Waals surface area contributed by atoms with Gasteiger partial charge in [0.15, 0.2) is 18.1 Å². The molecule has 134 valence electrons. The van der Waals surface area contributed by atoms with Crippen LogP contribution in [0.3, 0.4) is 0 Å². The number of hydrogen-bond acceptors (Lipinski definition) is 7. The van der Waals surface area contributed by atoms with Crippen LogP contribution in [0.25, 0.3) is 16.3 Å². The molecule has 27 heavy (non-hydrogen) atoms. The van der Waals surface area contributed by atoms with Crippen molar-refractivity contribution in [3.05, 3.63) is 76.5 Å². The van der Waals surface area contributed by atoms with Gasteiger partial charge in [0.1, 0.15) is 5.01 Å². The molecular weight excluding hydrogens is 386 g/mol. The number of nitrogens with zero attached hydrogens (tertiary/aromatic N) is 5. The summed E-state index contributed by atoms with van der Waals surface area (Å²) in [5, 5.41) is 14.5. The number of tetrazole rings is 1. The maximum absolute atomic E-state index is 12.3. The first kappa shape index (κ1) is 17.3. The fourth-order valence-electron chi connectivity index (χ4n) is 2.36. The highest BCUT2D eigenvalue weighted by Crippen LogP contribution is 2.25. The molecule has 2 aromatic carbocycles. The normalized spacial score (nSPS) is 10.7. The third-order valence-electron chi connectivity index (χ3n) is 3.67. The van der Waals surface area contributed by atoms with Crippen LogP contribution < -0.4 is 0 Å². The lowest BCUT2D eigenvalue weighted by atomic mass is 10.2. The van der Waals surface area contributed by atoms with Gasteiger partial charge in [-0.3, -0.25) is 0 Å². The second-order valence-electron chi connectivity index (χ2n) is 5.46. The van der Waals surface area contributed by atoms with Crippen LogP contribution in [0.4, 0.5) is 0 Å². The Bertz CT molecular complexity index is 1060. The third-order valence-corrected chi connectivity index (χ3v) is 4.82. The summed E-state index contributed by atoms with van der Waals surface area (Å²) in [5.74, 6) is -0.114. The maximum atomic E-state index is 12.3. The number of aromatic nitrogens is 5. The molecule has 0 aliphatic rings. The summed E-state index contributed by atoms with van der Waals surface area (Å²) in [4.78, 5) is 16.6. The largest absolute Gasteiger partial charge is 0.453 e. The van der Waals surface area contributed by atoms with Crippen molar-refractivity contribution in [3.8, 4) is 16.3 Å². The lowest BCUT2D eigenvalue weighted by Gasteiger charge is -2.04. The molecule has 0 saturated heterocycles. The van der Waals surface area contributed by atoms with Gasteiger partial charge in [-0.05, 0) is 34.7 Å². The van der Waals surface area contributed by atoms with Crippen molar-refractivity contribution in [2.75, 3.05) is 0 Å². The standard InChI is InChI=1S/C18H12ClN5O2S/c19-13-8-6-12(7-9-13)17-20-15(11-27-17)18(25)26-10-16-21-22-23-24(16)14-4-2-1-3-5-14/h1-9,11H,10H2. The van der Waals surface area contributed by atoms with Gasteiger partial charge in [0.05, 0.1) is 5.69 Å². The van der Waals surface area contributed by atoms with Crippen LogP contribution in [0.1, 0.15) is 16.3 Å². The molecule has 0 fully saturated rings. The molecule has 0 atom stereocenters. The van der Waals surface area contributed by atoms with Gasteiger partial charge in [0.2, 0.25) is 0 Å². The zero-order valence-electron chi connectivity index (χ0n) is 13.8. The molecule has 0 aliphatic carbocycles. The minimum atomic E-state index is -0.533. The van der Waals surface area contributed by atoms with Crippen LogP contribution >= 0.6 is 22.9 Å². The van der Waals surface area contributed by atoms with Gasteiger partial charge in [-0.25, -0.2) is 9.78 Å².